The van der Waals surface area contributed by atoms with E-state index in [4.69, 9.17) is 26.2 Å². The van der Waals surface area contributed by atoms with Crippen molar-refractivity contribution in [2.45, 2.75) is 13.2 Å². The Morgan fingerprint density at radius 3 is 2.71 bits per heavy atom. The van der Waals surface area contributed by atoms with Gasteiger partial charge >= 0.3 is 0 Å². The number of benzene rings is 1. The summed E-state index contributed by atoms with van der Waals surface area (Å²) in [4.78, 5) is 4.35. The van der Waals surface area contributed by atoms with Gasteiger partial charge in [0.2, 0.25) is 0 Å². The summed E-state index contributed by atoms with van der Waals surface area (Å²) in [6.07, 6.45) is 0. The molecule has 0 saturated heterocycles. The highest BCUT2D eigenvalue weighted by atomic mass is 35.5. The molecule has 0 atom stereocenters. The van der Waals surface area contributed by atoms with Gasteiger partial charge in [-0.25, -0.2) is 4.98 Å². The molecule has 0 saturated carbocycles. The highest BCUT2D eigenvalue weighted by Gasteiger charge is 2.09. The third-order valence-electron chi connectivity index (χ3n) is 2.95. The van der Waals surface area contributed by atoms with E-state index in [1.54, 1.807) is 44.5 Å². The zero-order chi connectivity index (χ0) is 15.2. The Bertz CT molecular complexity index is 620. The summed E-state index contributed by atoms with van der Waals surface area (Å²) in [5, 5.41) is 12.6. The summed E-state index contributed by atoms with van der Waals surface area (Å²) in [7, 11) is 3.34. The van der Waals surface area contributed by atoms with Crippen LogP contribution in [0.5, 0.6) is 11.5 Å². The lowest BCUT2D eigenvalue weighted by Crippen LogP contribution is -2.03. The number of aliphatic hydroxyl groups excluding tert-OH is 1. The van der Waals surface area contributed by atoms with Gasteiger partial charge in [0, 0.05) is 7.05 Å². The Labute approximate surface area is 128 Å². The number of anilines is 1. The van der Waals surface area contributed by atoms with Gasteiger partial charge in [-0.05, 0) is 29.8 Å². The number of hydrogen-bond acceptors (Lipinski definition) is 5. The Morgan fingerprint density at radius 2 is 2.05 bits per heavy atom. The van der Waals surface area contributed by atoms with Crippen LogP contribution in [0.3, 0.4) is 0 Å². The maximum atomic E-state index is 9.12. The van der Waals surface area contributed by atoms with Gasteiger partial charge in [0.1, 0.15) is 12.4 Å². The maximum Gasteiger partial charge on any atom is 0.161 e. The van der Waals surface area contributed by atoms with E-state index in [0.717, 1.165) is 11.4 Å². The summed E-state index contributed by atoms with van der Waals surface area (Å²) in [6, 6.07) is 8.82. The van der Waals surface area contributed by atoms with Gasteiger partial charge in [0.15, 0.2) is 11.5 Å². The molecule has 2 rings (SSSR count). The number of nitrogens with zero attached hydrogens (tertiary/aromatic N) is 1. The predicted molar refractivity (Wildman–Crippen MR) is 82.0 cm³/mol. The number of nitrogens with one attached hydrogen (secondary N) is 1. The van der Waals surface area contributed by atoms with Crippen LogP contribution in [0, 0.1) is 0 Å². The molecule has 2 N–H and O–H groups in total. The summed E-state index contributed by atoms with van der Waals surface area (Å²) >= 11 is 6.11. The normalized spacial score (nSPS) is 10.3. The molecule has 0 bridgehead atoms. The first-order valence-electron chi connectivity index (χ1n) is 6.41. The number of methoxy groups -OCH3 is 1. The molecular weight excluding hydrogens is 292 g/mol. The smallest absolute Gasteiger partial charge is 0.161 e. The molecule has 0 spiro atoms. The predicted octanol–water partition coefficient (Wildman–Crippen LogP) is 2.86. The fourth-order valence-corrected chi connectivity index (χ4v) is 1.96. The molecule has 1 aromatic carbocycles. The van der Waals surface area contributed by atoms with E-state index in [2.05, 4.69) is 10.3 Å². The van der Waals surface area contributed by atoms with Crippen LogP contribution < -0.4 is 14.8 Å². The summed E-state index contributed by atoms with van der Waals surface area (Å²) < 4.78 is 11.0. The number of pyridine rings is 1. The molecule has 1 heterocycles. The largest absolute Gasteiger partial charge is 0.493 e. The highest BCUT2D eigenvalue weighted by Crippen LogP contribution is 2.29. The molecule has 0 amide bonds. The quantitative estimate of drug-likeness (QED) is 0.859. The van der Waals surface area contributed by atoms with Crippen LogP contribution in [-0.4, -0.2) is 24.2 Å². The number of aliphatic hydroxyl groups is 1. The monoisotopic (exact) mass is 308 g/mol. The van der Waals surface area contributed by atoms with Crippen molar-refractivity contribution in [1.82, 2.24) is 4.98 Å². The summed E-state index contributed by atoms with van der Waals surface area (Å²) in [6.45, 7) is 0.178. The molecule has 1 aromatic heterocycles. The second-order valence-electron chi connectivity index (χ2n) is 4.31. The second-order valence-corrected chi connectivity index (χ2v) is 4.71. The number of ether oxygens (including phenoxy) is 2. The van der Waals surface area contributed by atoms with E-state index in [-0.39, 0.29) is 13.2 Å². The van der Waals surface area contributed by atoms with Gasteiger partial charge in [-0.3, -0.25) is 0 Å². The topological polar surface area (TPSA) is 63.6 Å². The third kappa shape index (κ3) is 3.77. The lowest BCUT2D eigenvalue weighted by Gasteiger charge is -2.12. The minimum absolute atomic E-state index is 0.0474. The van der Waals surface area contributed by atoms with Crippen molar-refractivity contribution >= 4 is 17.4 Å². The Hall–Kier alpha value is -1.98. The second kappa shape index (κ2) is 7.15. The van der Waals surface area contributed by atoms with Crippen molar-refractivity contribution in [3.05, 3.63) is 46.6 Å². The van der Waals surface area contributed by atoms with E-state index < -0.39 is 0 Å². The van der Waals surface area contributed by atoms with Gasteiger partial charge < -0.3 is 19.9 Å². The number of hydrogen-bond donors (Lipinski definition) is 2. The number of halogens is 1. The average Bonchev–Trinajstić information content (AvgIpc) is 2.54. The molecule has 0 radical (unpaired) electrons. The molecule has 21 heavy (non-hydrogen) atoms. The van der Waals surface area contributed by atoms with Gasteiger partial charge in [0.05, 0.1) is 24.4 Å². The summed E-state index contributed by atoms with van der Waals surface area (Å²) in [5.74, 6) is 1.85. The fourth-order valence-electron chi connectivity index (χ4n) is 1.80. The molecule has 0 aliphatic heterocycles. The van der Waals surface area contributed by atoms with Gasteiger partial charge in [-0.15, -0.1) is 0 Å². The fraction of sp³-hybridized carbons (Fsp3) is 0.267. The third-order valence-corrected chi connectivity index (χ3v) is 3.29. The number of aromatic nitrogens is 1. The summed E-state index contributed by atoms with van der Waals surface area (Å²) in [5.41, 5.74) is 1.39. The van der Waals surface area contributed by atoms with Crippen LogP contribution >= 0.6 is 11.6 Å². The maximum absolute atomic E-state index is 9.12. The van der Waals surface area contributed by atoms with Gasteiger partial charge in [0.25, 0.3) is 0 Å². The molecule has 6 heteroatoms. The van der Waals surface area contributed by atoms with Crippen molar-refractivity contribution < 1.29 is 14.6 Å². The first-order valence-corrected chi connectivity index (χ1v) is 6.79. The zero-order valence-electron chi connectivity index (χ0n) is 11.9. The van der Waals surface area contributed by atoms with E-state index in [1.165, 1.54) is 0 Å². The molecular formula is C15H17ClN2O3. The first-order chi connectivity index (χ1) is 10.2. The molecule has 0 aliphatic rings. The SMILES string of the molecule is CNc1ccc(Cl)c(COc2ccc(CO)cc2OC)n1. The Balaban J connectivity index is 2.16. The first kappa shape index (κ1) is 15.4. The van der Waals surface area contributed by atoms with Crippen LogP contribution in [-0.2, 0) is 13.2 Å². The van der Waals surface area contributed by atoms with Gasteiger partial charge in [-0.2, -0.15) is 0 Å². The zero-order valence-corrected chi connectivity index (χ0v) is 12.6. The van der Waals surface area contributed by atoms with Crippen molar-refractivity contribution in [2.75, 3.05) is 19.5 Å². The van der Waals surface area contributed by atoms with Crippen LogP contribution in [0.15, 0.2) is 30.3 Å². The number of rotatable bonds is 6. The molecule has 2 aromatic rings. The van der Waals surface area contributed by atoms with Crippen molar-refractivity contribution in [3.63, 3.8) is 0 Å². The molecule has 5 nitrogen and oxygen atoms in total. The molecule has 0 unspecified atom stereocenters. The van der Waals surface area contributed by atoms with Crippen LogP contribution in [0.4, 0.5) is 5.82 Å². The van der Waals surface area contributed by atoms with E-state index in [1.807, 2.05) is 0 Å². The standard InChI is InChI=1S/C15H17ClN2O3/c1-17-15-6-4-11(16)12(18-15)9-21-13-5-3-10(8-19)7-14(13)20-2/h3-7,19H,8-9H2,1-2H3,(H,17,18). The van der Waals surface area contributed by atoms with Gasteiger partial charge in [-0.1, -0.05) is 17.7 Å². The molecule has 0 fully saturated rings. The Kier molecular flexibility index (Phi) is 5.25. The van der Waals surface area contributed by atoms with E-state index in [0.29, 0.717) is 22.2 Å². The molecule has 112 valence electrons. The lowest BCUT2D eigenvalue weighted by molar-refractivity contribution is 0.272. The van der Waals surface area contributed by atoms with Crippen molar-refractivity contribution in [2.24, 2.45) is 0 Å². The van der Waals surface area contributed by atoms with Crippen molar-refractivity contribution in [3.8, 4) is 11.5 Å². The minimum Gasteiger partial charge on any atom is -0.493 e. The lowest BCUT2D eigenvalue weighted by atomic mass is 10.2. The van der Waals surface area contributed by atoms with Crippen LogP contribution in [0.25, 0.3) is 0 Å². The van der Waals surface area contributed by atoms with E-state index in [9.17, 15) is 0 Å². The van der Waals surface area contributed by atoms with Crippen molar-refractivity contribution in [1.29, 1.82) is 0 Å². The Morgan fingerprint density at radius 1 is 1.24 bits per heavy atom. The minimum atomic E-state index is -0.0474. The molecule has 0 aliphatic carbocycles. The van der Waals surface area contributed by atoms with E-state index >= 15 is 0 Å². The van der Waals surface area contributed by atoms with Crippen LogP contribution in [0.1, 0.15) is 11.3 Å². The highest BCUT2D eigenvalue weighted by molar-refractivity contribution is 6.31. The van der Waals surface area contributed by atoms with Crippen LogP contribution in [0.2, 0.25) is 5.02 Å². The average molecular weight is 309 g/mol.